The normalized spacial score (nSPS) is 17.4. The molecule has 1 aliphatic rings. The van der Waals surface area contributed by atoms with Gasteiger partial charge in [-0.25, -0.2) is 0 Å². The molecule has 1 fully saturated rings. The van der Waals surface area contributed by atoms with Gasteiger partial charge in [0.25, 0.3) is 5.91 Å². The molecule has 1 atom stereocenters. The minimum Gasteiger partial charge on any atom is -0.347 e. The molecule has 23 heavy (non-hydrogen) atoms. The van der Waals surface area contributed by atoms with Crippen molar-refractivity contribution < 1.29 is 9.59 Å². The number of nitrogens with zero attached hydrogens (tertiary/aromatic N) is 1. The molecule has 1 aliphatic heterocycles. The van der Waals surface area contributed by atoms with E-state index in [-0.39, 0.29) is 17.9 Å². The van der Waals surface area contributed by atoms with Crippen molar-refractivity contribution in [1.82, 2.24) is 5.32 Å². The van der Waals surface area contributed by atoms with E-state index >= 15 is 0 Å². The Bertz CT molecular complexity index is 720. The molecule has 3 rings (SSSR count). The molecule has 0 aromatic heterocycles. The average Bonchev–Trinajstić information content (AvgIpc) is 2.87. The van der Waals surface area contributed by atoms with Gasteiger partial charge in [0, 0.05) is 24.2 Å². The number of carbonyl (C=O) groups is 2. The third-order valence-electron chi connectivity index (χ3n) is 4.01. The van der Waals surface area contributed by atoms with Crippen molar-refractivity contribution in [3.05, 3.63) is 65.2 Å². The highest BCUT2D eigenvalue weighted by atomic mass is 16.2. The zero-order chi connectivity index (χ0) is 16.4. The molecule has 118 valence electrons. The smallest absolute Gasteiger partial charge is 0.251 e. The Balaban J connectivity index is 1.70. The van der Waals surface area contributed by atoms with E-state index in [0.29, 0.717) is 18.5 Å². The van der Waals surface area contributed by atoms with Gasteiger partial charge in [-0.15, -0.1) is 0 Å². The van der Waals surface area contributed by atoms with Gasteiger partial charge in [-0.1, -0.05) is 35.4 Å². The molecule has 4 heteroatoms. The first-order valence-corrected chi connectivity index (χ1v) is 7.77. The molecule has 0 saturated carbocycles. The third-order valence-corrected chi connectivity index (χ3v) is 4.01. The molecule has 0 spiro atoms. The van der Waals surface area contributed by atoms with Gasteiger partial charge < -0.3 is 10.2 Å². The molecule has 4 nitrogen and oxygen atoms in total. The Kier molecular flexibility index (Phi) is 4.15. The molecular formula is C19H20N2O2. The molecule has 0 radical (unpaired) electrons. The van der Waals surface area contributed by atoms with E-state index in [4.69, 9.17) is 0 Å². The second kappa shape index (κ2) is 6.24. The molecule has 0 aliphatic carbocycles. The maximum Gasteiger partial charge on any atom is 0.251 e. The van der Waals surface area contributed by atoms with Crippen LogP contribution in [0.15, 0.2) is 48.5 Å². The van der Waals surface area contributed by atoms with Crippen molar-refractivity contribution in [3.63, 3.8) is 0 Å². The van der Waals surface area contributed by atoms with Crippen LogP contribution in [-0.4, -0.2) is 24.4 Å². The number of hydrogen-bond acceptors (Lipinski definition) is 2. The lowest BCUT2D eigenvalue weighted by molar-refractivity contribution is -0.117. The van der Waals surface area contributed by atoms with E-state index in [1.807, 2.05) is 62.4 Å². The summed E-state index contributed by atoms with van der Waals surface area (Å²) in [6.45, 7) is 4.46. The second-order valence-electron chi connectivity index (χ2n) is 6.09. The Hall–Kier alpha value is -2.62. The third kappa shape index (κ3) is 3.42. The fourth-order valence-corrected chi connectivity index (χ4v) is 3.04. The Labute approximate surface area is 136 Å². The number of para-hydroxylation sites is 1. The number of hydrogen-bond donors (Lipinski definition) is 1. The summed E-state index contributed by atoms with van der Waals surface area (Å²) in [4.78, 5) is 26.3. The largest absolute Gasteiger partial charge is 0.347 e. The lowest BCUT2D eigenvalue weighted by Gasteiger charge is -2.17. The van der Waals surface area contributed by atoms with Gasteiger partial charge in [0.2, 0.25) is 5.91 Å². The maximum atomic E-state index is 12.4. The molecule has 1 N–H and O–H groups in total. The summed E-state index contributed by atoms with van der Waals surface area (Å²) in [6, 6.07) is 15.2. The summed E-state index contributed by atoms with van der Waals surface area (Å²) in [5, 5.41) is 2.98. The predicted molar refractivity (Wildman–Crippen MR) is 90.6 cm³/mol. The van der Waals surface area contributed by atoms with Crippen molar-refractivity contribution in [2.45, 2.75) is 26.3 Å². The Morgan fingerprint density at radius 3 is 2.39 bits per heavy atom. The quantitative estimate of drug-likeness (QED) is 0.948. The summed E-state index contributed by atoms with van der Waals surface area (Å²) >= 11 is 0. The number of amides is 2. The van der Waals surface area contributed by atoms with Crippen molar-refractivity contribution in [2.24, 2.45) is 0 Å². The zero-order valence-electron chi connectivity index (χ0n) is 13.4. The van der Waals surface area contributed by atoms with E-state index < -0.39 is 0 Å². The maximum absolute atomic E-state index is 12.4. The second-order valence-corrected chi connectivity index (χ2v) is 6.09. The minimum absolute atomic E-state index is 0.0434. The van der Waals surface area contributed by atoms with Gasteiger partial charge in [-0.3, -0.25) is 9.59 Å². The first kappa shape index (κ1) is 15.3. The zero-order valence-corrected chi connectivity index (χ0v) is 13.4. The highest BCUT2D eigenvalue weighted by Crippen LogP contribution is 2.21. The van der Waals surface area contributed by atoms with Crippen LogP contribution in [-0.2, 0) is 4.79 Å². The molecule has 2 aromatic rings. The fraction of sp³-hybridized carbons (Fsp3) is 0.263. The number of carbonyl (C=O) groups excluding carboxylic acids is 2. The van der Waals surface area contributed by atoms with Crippen molar-refractivity contribution in [3.8, 4) is 0 Å². The molecule has 0 unspecified atom stereocenters. The van der Waals surface area contributed by atoms with Crippen molar-refractivity contribution in [2.75, 3.05) is 11.4 Å². The number of rotatable bonds is 3. The SMILES string of the molecule is Cc1cc(C)cc(C(=O)N[C@@H]2CC(=O)N(c3ccccc3)C2)c1. The van der Waals surface area contributed by atoms with E-state index in [0.717, 1.165) is 16.8 Å². The van der Waals surface area contributed by atoms with E-state index in [2.05, 4.69) is 5.32 Å². The lowest BCUT2D eigenvalue weighted by Crippen LogP contribution is -2.37. The monoisotopic (exact) mass is 308 g/mol. The van der Waals surface area contributed by atoms with Crippen LogP contribution in [0.3, 0.4) is 0 Å². The minimum atomic E-state index is -0.156. The van der Waals surface area contributed by atoms with E-state index in [1.165, 1.54) is 0 Å². The molecule has 1 saturated heterocycles. The van der Waals surface area contributed by atoms with Gasteiger partial charge in [-0.2, -0.15) is 0 Å². The Morgan fingerprint density at radius 2 is 1.74 bits per heavy atom. The summed E-state index contributed by atoms with van der Waals surface area (Å²) in [6.07, 6.45) is 0.339. The molecule has 0 bridgehead atoms. The van der Waals surface area contributed by atoms with Crippen LogP contribution in [0.4, 0.5) is 5.69 Å². The van der Waals surface area contributed by atoms with E-state index in [1.54, 1.807) is 4.90 Å². The summed E-state index contributed by atoms with van der Waals surface area (Å²) in [5.41, 5.74) is 3.64. The standard InChI is InChI=1S/C19H20N2O2/c1-13-8-14(2)10-15(9-13)19(23)20-16-11-18(22)21(12-16)17-6-4-3-5-7-17/h3-10,16H,11-12H2,1-2H3,(H,20,23)/t16-/m1/s1. The summed E-state index contributed by atoms with van der Waals surface area (Å²) in [7, 11) is 0. The fourth-order valence-electron chi connectivity index (χ4n) is 3.04. The van der Waals surface area contributed by atoms with Crippen molar-refractivity contribution >= 4 is 17.5 Å². The van der Waals surface area contributed by atoms with Gasteiger partial charge in [-0.05, 0) is 38.1 Å². The number of nitrogens with one attached hydrogen (secondary N) is 1. The molecule has 2 amide bonds. The van der Waals surface area contributed by atoms with Crippen LogP contribution in [0.5, 0.6) is 0 Å². The lowest BCUT2D eigenvalue weighted by atomic mass is 10.1. The highest BCUT2D eigenvalue weighted by Gasteiger charge is 2.31. The van der Waals surface area contributed by atoms with E-state index in [9.17, 15) is 9.59 Å². The highest BCUT2D eigenvalue weighted by molar-refractivity contribution is 5.99. The molecular weight excluding hydrogens is 288 g/mol. The van der Waals surface area contributed by atoms with Crippen LogP contribution in [0.25, 0.3) is 0 Å². The predicted octanol–water partition coefficient (Wildman–Crippen LogP) is 2.84. The first-order valence-electron chi connectivity index (χ1n) is 7.77. The van der Waals surface area contributed by atoms with Crippen LogP contribution < -0.4 is 10.2 Å². The van der Waals surface area contributed by atoms with Gasteiger partial charge in [0.15, 0.2) is 0 Å². The van der Waals surface area contributed by atoms with Gasteiger partial charge in [0.1, 0.15) is 0 Å². The number of aryl methyl sites for hydroxylation is 2. The van der Waals surface area contributed by atoms with Crippen LogP contribution in [0.1, 0.15) is 27.9 Å². The summed E-state index contributed by atoms with van der Waals surface area (Å²) in [5.74, 6) is -0.0774. The van der Waals surface area contributed by atoms with Crippen molar-refractivity contribution in [1.29, 1.82) is 0 Å². The molecule has 2 aromatic carbocycles. The Morgan fingerprint density at radius 1 is 1.09 bits per heavy atom. The average molecular weight is 308 g/mol. The van der Waals surface area contributed by atoms with Gasteiger partial charge in [0.05, 0.1) is 6.04 Å². The van der Waals surface area contributed by atoms with Crippen LogP contribution in [0.2, 0.25) is 0 Å². The van der Waals surface area contributed by atoms with Crippen LogP contribution >= 0.6 is 0 Å². The topological polar surface area (TPSA) is 49.4 Å². The molecule has 1 heterocycles. The number of anilines is 1. The number of benzene rings is 2. The van der Waals surface area contributed by atoms with Gasteiger partial charge >= 0.3 is 0 Å². The van der Waals surface area contributed by atoms with Crippen LogP contribution in [0, 0.1) is 13.8 Å². The summed E-state index contributed by atoms with van der Waals surface area (Å²) < 4.78 is 0. The first-order chi connectivity index (χ1) is 11.0.